The first kappa shape index (κ1) is 12.6. The van der Waals surface area contributed by atoms with Crippen molar-refractivity contribution in [2.75, 3.05) is 19.0 Å². The minimum Gasteiger partial charge on any atom is -0.399 e. The van der Waals surface area contributed by atoms with E-state index in [1.807, 2.05) is 24.3 Å². The van der Waals surface area contributed by atoms with Crippen LogP contribution in [0.1, 0.15) is 0 Å². The van der Waals surface area contributed by atoms with Crippen LogP contribution in [0.25, 0.3) is 0 Å². The Labute approximate surface area is 89.4 Å². The molecule has 0 aliphatic carbocycles. The third-order valence-electron chi connectivity index (χ3n) is 1.16. The molecule has 0 aliphatic rings. The standard InChI is InChI=1S/C6H6BrN.C2H7NOS/c7-5-1-3-6(8)4-2-5;1-3-5(2)4/h1-4H,8H2;3H,1-2H3. The van der Waals surface area contributed by atoms with Crippen molar-refractivity contribution in [3.63, 3.8) is 0 Å². The predicted octanol–water partition coefficient (Wildman–Crippen LogP) is 1.53. The lowest BCUT2D eigenvalue weighted by molar-refractivity contribution is 0.682. The van der Waals surface area contributed by atoms with Crippen LogP contribution in [-0.2, 0) is 11.0 Å². The molecule has 1 aromatic carbocycles. The van der Waals surface area contributed by atoms with E-state index in [1.54, 1.807) is 13.3 Å². The summed E-state index contributed by atoms with van der Waals surface area (Å²) in [5.74, 6) is 0. The fourth-order valence-corrected chi connectivity index (χ4v) is 0.727. The molecule has 13 heavy (non-hydrogen) atoms. The van der Waals surface area contributed by atoms with Crippen molar-refractivity contribution in [3.05, 3.63) is 28.7 Å². The van der Waals surface area contributed by atoms with E-state index in [-0.39, 0.29) is 0 Å². The second-order valence-electron chi connectivity index (χ2n) is 2.21. The van der Waals surface area contributed by atoms with Gasteiger partial charge in [-0.3, -0.25) is 0 Å². The van der Waals surface area contributed by atoms with Crippen LogP contribution in [0.3, 0.4) is 0 Å². The molecule has 0 radical (unpaired) electrons. The molecule has 0 aliphatic heterocycles. The summed E-state index contributed by atoms with van der Waals surface area (Å²) in [6, 6.07) is 7.53. The molecule has 0 spiro atoms. The van der Waals surface area contributed by atoms with E-state index in [0.717, 1.165) is 10.2 Å². The molecule has 74 valence electrons. The van der Waals surface area contributed by atoms with Crippen molar-refractivity contribution >= 4 is 32.6 Å². The van der Waals surface area contributed by atoms with Gasteiger partial charge in [0, 0.05) is 16.4 Å². The largest absolute Gasteiger partial charge is 0.399 e. The van der Waals surface area contributed by atoms with Gasteiger partial charge < -0.3 is 5.73 Å². The molecule has 1 atom stereocenters. The van der Waals surface area contributed by atoms with Crippen molar-refractivity contribution in [1.29, 1.82) is 0 Å². The van der Waals surface area contributed by atoms with E-state index in [1.165, 1.54) is 0 Å². The maximum Gasteiger partial charge on any atom is 0.0880 e. The first-order chi connectivity index (χ1) is 6.06. The second-order valence-corrected chi connectivity index (χ2v) is 4.44. The van der Waals surface area contributed by atoms with Gasteiger partial charge in [0.1, 0.15) is 0 Å². The van der Waals surface area contributed by atoms with E-state index in [2.05, 4.69) is 20.7 Å². The molecular formula is C8H13BrN2OS. The van der Waals surface area contributed by atoms with Crippen LogP contribution in [0.4, 0.5) is 5.69 Å². The molecule has 1 unspecified atom stereocenters. The van der Waals surface area contributed by atoms with Gasteiger partial charge in [-0.25, -0.2) is 8.93 Å². The maximum atomic E-state index is 9.81. The van der Waals surface area contributed by atoms with Crippen molar-refractivity contribution in [2.24, 2.45) is 0 Å². The van der Waals surface area contributed by atoms with Crippen LogP contribution < -0.4 is 10.5 Å². The molecule has 1 rings (SSSR count). The average molecular weight is 265 g/mol. The molecule has 0 bridgehead atoms. The zero-order chi connectivity index (χ0) is 10.3. The summed E-state index contributed by atoms with van der Waals surface area (Å²) in [4.78, 5) is 0. The van der Waals surface area contributed by atoms with E-state index in [9.17, 15) is 4.21 Å². The van der Waals surface area contributed by atoms with Crippen LogP contribution in [0, 0.1) is 0 Å². The minimum atomic E-state index is -0.823. The molecular weight excluding hydrogens is 252 g/mol. The van der Waals surface area contributed by atoms with Crippen LogP contribution in [0.15, 0.2) is 28.7 Å². The quantitative estimate of drug-likeness (QED) is 0.756. The van der Waals surface area contributed by atoms with E-state index in [4.69, 9.17) is 5.73 Å². The number of nitrogens with one attached hydrogen (secondary N) is 1. The maximum absolute atomic E-state index is 9.81. The fraction of sp³-hybridized carbons (Fsp3) is 0.250. The Morgan fingerprint density at radius 2 is 1.77 bits per heavy atom. The minimum absolute atomic E-state index is 0.799. The summed E-state index contributed by atoms with van der Waals surface area (Å²) in [6.45, 7) is 0. The Hall–Kier alpha value is -0.390. The van der Waals surface area contributed by atoms with Gasteiger partial charge in [-0.2, -0.15) is 0 Å². The van der Waals surface area contributed by atoms with Crippen LogP contribution in [0.5, 0.6) is 0 Å². The molecule has 0 heterocycles. The van der Waals surface area contributed by atoms with Gasteiger partial charge in [0.2, 0.25) is 0 Å². The number of anilines is 1. The number of nitrogens with two attached hydrogens (primary N) is 1. The highest BCUT2D eigenvalue weighted by Gasteiger charge is 1.81. The molecule has 0 amide bonds. The average Bonchev–Trinajstić information content (AvgIpc) is 2.11. The molecule has 0 aromatic heterocycles. The lowest BCUT2D eigenvalue weighted by Crippen LogP contribution is -2.06. The second kappa shape index (κ2) is 7.06. The predicted molar refractivity (Wildman–Crippen MR) is 61.7 cm³/mol. The highest BCUT2D eigenvalue weighted by molar-refractivity contribution is 9.10. The van der Waals surface area contributed by atoms with Gasteiger partial charge in [0.05, 0.1) is 11.0 Å². The van der Waals surface area contributed by atoms with Gasteiger partial charge >= 0.3 is 0 Å². The summed E-state index contributed by atoms with van der Waals surface area (Å²) < 4.78 is 13.4. The topological polar surface area (TPSA) is 55.1 Å². The summed E-state index contributed by atoms with van der Waals surface area (Å²) in [5.41, 5.74) is 6.21. The van der Waals surface area contributed by atoms with Gasteiger partial charge in [-0.05, 0) is 31.3 Å². The van der Waals surface area contributed by atoms with Gasteiger partial charge in [0.25, 0.3) is 0 Å². The number of nitrogen functional groups attached to an aromatic ring is 1. The highest BCUT2D eigenvalue weighted by atomic mass is 79.9. The number of hydrogen-bond acceptors (Lipinski definition) is 2. The Morgan fingerprint density at radius 1 is 1.38 bits per heavy atom. The molecule has 5 heteroatoms. The van der Waals surface area contributed by atoms with Crippen LogP contribution in [0.2, 0.25) is 0 Å². The normalized spacial score (nSPS) is 11.3. The highest BCUT2D eigenvalue weighted by Crippen LogP contribution is 2.10. The lowest BCUT2D eigenvalue weighted by Gasteiger charge is -1.88. The van der Waals surface area contributed by atoms with Crippen molar-refractivity contribution < 1.29 is 4.21 Å². The summed E-state index contributed by atoms with van der Waals surface area (Å²) in [6.07, 6.45) is 1.58. The molecule has 0 fully saturated rings. The van der Waals surface area contributed by atoms with Gasteiger partial charge in [-0.15, -0.1) is 0 Å². The Kier molecular flexibility index (Phi) is 6.84. The summed E-state index contributed by atoms with van der Waals surface area (Å²) in [7, 11) is 0.826. The van der Waals surface area contributed by atoms with Crippen molar-refractivity contribution in [2.45, 2.75) is 0 Å². The molecule has 1 aromatic rings. The monoisotopic (exact) mass is 264 g/mol. The van der Waals surface area contributed by atoms with E-state index >= 15 is 0 Å². The van der Waals surface area contributed by atoms with Gasteiger partial charge in [-0.1, -0.05) is 15.9 Å². The summed E-state index contributed by atoms with van der Waals surface area (Å²) >= 11 is 3.29. The first-order valence-corrected chi connectivity index (χ1v) is 5.93. The number of benzene rings is 1. The smallest absolute Gasteiger partial charge is 0.0880 e. The molecule has 0 saturated heterocycles. The summed E-state index contributed by atoms with van der Waals surface area (Å²) in [5, 5.41) is 0. The Balaban J connectivity index is 0.000000252. The van der Waals surface area contributed by atoms with Crippen LogP contribution >= 0.6 is 15.9 Å². The van der Waals surface area contributed by atoms with Gasteiger partial charge in [0.15, 0.2) is 0 Å². The van der Waals surface area contributed by atoms with E-state index < -0.39 is 11.0 Å². The zero-order valence-electron chi connectivity index (χ0n) is 7.58. The lowest BCUT2D eigenvalue weighted by atomic mass is 10.3. The SMILES string of the molecule is CNS(C)=O.Nc1ccc(Br)cc1. The number of halogens is 1. The molecule has 3 N–H and O–H groups in total. The third kappa shape index (κ3) is 7.95. The van der Waals surface area contributed by atoms with Crippen molar-refractivity contribution in [1.82, 2.24) is 4.72 Å². The van der Waals surface area contributed by atoms with Crippen molar-refractivity contribution in [3.8, 4) is 0 Å². The Morgan fingerprint density at radius 3 is 2.00 bits per heavy atom. The number of hydrogen-bond donors (Lipinski definition) is 2. The zero-order valence-corrected chi connectivity index (χ0v) is 9.98. The first-order valence-electron chi connectivity index (χ1n) is 3.58. The third-order valence-corrected chi connectivity index (χ3v) is 2.26. The Bertz CT molecular complexity index is 242. The fourth-order valence-electron chi connectivity index (χ4n) is 0.463. The van der Waals surface area contributed by atoms with E-state index in [0.29, 0.717) is 0 Å². The number of rotatable bonds is 1. The van der Waals surface area contributed by atoms with Crippen LogP contribution in [-0.4, -0.2) is 17.5 Å². The molecule has 3 nitrogen and oxygen atoms in total. The molecule has 0 saturated carbocycles.